The summed E-state index contributed by atoms with van der Waals surface area (Å²) in [6.07, 6.45) is 6.35. The molecule has 1 atom stereocenters. The highest BCUT2D eigenvalue weighted by molar-refractivity contribution is 7.99. The molecule has 2 aromatic heterocycles. The van der Waals surface area contributed by atoms with E-state index in [4.69, 9.17) is 0 Å². The molecule has 0 bridgehead atoms. The number of nitrogens with one attached hydrogen (secondary N) is 2. The fourth-order valence-corrected chi connectivity index (χ4v) is 3.14. The Labute approximate surface area is 121 Å². The maximum Gasteiger partial charge on any atom is 0.241 e. The number of aromatic nitrogens is 5. The van der Waals surface area contributed by atoms with Gasteiger partial charge in [0.05, 0.1) is 0 Å². The molecule has 0 spiro atoms. The Morgan fingerprint density at radius 3 is 2.95 bits per heavy atom. The lowest BCUT2D eigenvalue weighted by Gasteiger charge is -2.13. The number of hydrogen-bond donors (Lipinski definition) is 2. The van der Waals surface area contributed by atoms with E-state index in [2.05, 4.69) is 30.6 Å². The van der Waals surface area contributed by atoms with Crippen LogP contribution in [0.3, 0.4) is 0 Å². The zero-order valence-corrected chi connectivity index (χ0v) is 12.1. The van der Waals surface area contributed by atoms with E-state index in [1.807, 2.05) is 24.9 Å². The molecule has 1 saturated heterocycles. The third-order valence-corrected chi connectivity index (χ3v) is 4.12. The SMILES string of the molecule is CCNc1nc(NC2CCSC2)nc(-n2ccnc2)n1. The summed E-state index contributed by atoms with van der Waals surface area (Å²) >= 11 is 1.95. The molecule has 0 radical (unpaired) electrons. The highest BCUT2D eigenvalue weighted by atomic mass is 32.2. The van der Waals surface area contributed by atoms with Gasteiger partial charge in [-0.2, -0.15) is 26.7 Å². The van der Waals surface area contributed by atoms with Gasteiger partial charge in [0.25, 0.3) is 0 Å². The van der Waals surface area contributed by atoms with Crippen LogP contribution in [0, 0.1) is 0 Å². The molecule has 2 aromatic rings. The van der Waals surface area contributed by atoms with Crippen LogP contribution in [0.15, 0.2) is 18.7 Å². The Balaban J connectivity index is 1.87. The number of anilines is 2. The third kappa shape index (κ3) is 3.01. The van der Waals surface area contributed by atoms with Gasteiger partial charge in [-0.15, -0.1) is 0 Å². The first kappa shape index (κ1) is 13.2. The fourth-order valence-electron chi connectivity index (χ4n) is 1.99. The Hall–Kier alpha value is -1.83. The summed E-state index contributed by atoms with van der Waals surface area (Å²) in [5, 5.41) is 6.52. The van der Waals surface area contributed by atoms with E-state index >= 15 is 0 Å². The summed E-state index contributed by atoms with van der Waals surface area (Å²) in [7, 11) is 0. The number of rotatable bonds is 5. The van der Waals surface area contributed by atoms with E-state index < -0.39 is 0 Å². The van der Waals surface area contributed by atoms with Gasteiger partial charge in [0, 0.05) is 30.7 Å². The van der Waals surface area contributed by atoms with Crippen molar-refractivity contribution >= 4 is 23.7 Å². The lowest BCUT2D eigenvalue weighted by molar-refractivity contribution is 0.788. The predicted molar refractivity (Wildman–Crippen MR) is 80.5 cm³/mol. The van der Waals surface area contributed by atoms with Gasteiger partial charge >= 0.3 is 0 Å². The van der Waals surface area contributed by atoms with Crippen LogP contribution < -0.4 is 10.6 Å². The largest absolute Gasteiger partial charge is 0.354 e. The smallest absolute Gasteiger partial charge is 0.241 e. The van der Waals surface area contributed by atoms with Crippen molar-refractivity contribution in [1.29, 1.82) is 0 Å². The molecule has 3 heterocycles. The number of thioether (sulfide) groups is 1. The summed E-state index contributed by atoms with van der Waals surface area (Å²) in [6.45, 7) is 2.79. The highest BCUT2D eigenvalue weighted by Crippen LogP contribution is 2.20. The van der Waals surface area contributed by atoms with E-state index in [1.54, 1.807) is 17.1 Å². The topological polar surface area (TPSA) is 80.5 Å². The molecule has 0 aliphatic carbocycles. The molecule has 20 heavy (non-hydrogen) atoms. The number of hydrogen-bond acceptors (Lipinski definition) is 7. The second-order valence-electron chi connectivity index (χ2n) is 4.49. The second kappa shape index (κ2) is 6.08. The van der Waals surface area contributed by atoms with Gasteiger partial charge < -0.3 is 10.6 Å². The van der Waals surface area contributed by atoms with E-state index in [9.17, 15) is 0 Å². The molecule has 1 aliphatic rings. The van der Waals surface area contributed by atoms with Crippen molar-refractivity contribution < 1.29 is 0 Å². The molecular formula is C12H17N7S. The Bertz CT molecular complexity index is 551. The van der Waals surface area contributed by atoms with Gasteiger partial charge in [-0.25, -0.2) is 4.98 Å². The minimum Gasteiger partial charge on any atom is -0.354 e. The van der Waals surface area contributed by atoms with Crippen LogP contribution in [0.2, 0.25) is 0 Å². The van der Waals surface area contributed by atoms with E-state index in [0.717, 1.165) is 18.7 Å². The molecule has 7 nitrogen and oxygen atoms in total. The first-order chi connectivity index (χ1) is 9.85. The molecular weight excluding hydrogens is 274 g/mol. The summed E-state index contributed by atoms with van der Waals surface area (Å²) in [5.41, 5.74) is 0. The van der Waals surface area contributed by atoms with E-state index in [1.165, 1.54) is 5.75 Å². The standard InChI is InChI=1S/C12H17N7S/c1-2-14-10-16-11(15-9-3-6-20-7-9)18-12(17-10)19-5-4-13-8-19/h4-5,8-9H,2-3,6-7H2,1H3,(H2,14,15,16,17,18). The van der Waals surface area contributed by atoms with Crippen molar-refractivity contribution in [1.82, 2.24) is 24.5 Å². The monoisotopic (exact) mass is 291 g/mol. The molecule has 2 N–H and O–H groups in total. The maximum atomic E-state index is 4.46. The molecule has 0 saturated carbocycles. The second-order valence-corrected chi connectivity index (χ2v) is 5.64. The van der Waals surface area contributed by atoms with Crippen molar-refractivity contribution in [2.75, 3.05) is 28.7 Å². The maximum absolute atomic E-state index is 4.46. The van der Waals surface area contributed by atoms with Crippen LogP contribution in [-0.2, 0) is 0 Å². The molecule has 0 amide bonds. The number of nitrogens with zero attached hydrogens (tertiary/aromatic N) is 5. The van der Waals surface area contributed by atoms with E-state index in [0.29, 0.717) is 23.9 Å². The number of imidazole rings is 1. The van der Waals surface area contributed by atoms with Crippen LogP contribution in [-0.4, -0.2) is 48.6 Å². The van der Waals surface area contributed by atoms with Crippen LogP contribution in [0.4, 0.5) is 11.9 Å². The Morgan fingerprint density at radius 2 is 2.25 bits per heavy atom. The minimum absolute atomic E-state index is 0.438. The van der Waals surface area contributed by atoms with Crippen LogP contribution in [0.1, 0.15) is 13.3 Å². The lowest BCUT2D eigenvalue weighted by Crippen LogP contribution is -2.21. The van der Waals surface area contributed by atoms with Crippen molar-refractivity contribution in [3.8, 4) is 5.95 Å². The van der Waals surface area contributed by atoms with Crippen molar-refractivity contribution in [2.24, 2.45) is 0 Å². The first-order valence-corrected chi connectivity index (χ1v) is 7.83. The first-order valence-electron chi connectivity index (χ1n) is 6.67. The van der Waals surface area contributed by atoms with Crippen molar-refractivity contribution in [2.45, 2.75) is 19.4 Å². The van der Waals surface area contributed by atoms with Gasteiger partial charge in [0.2, 0.25) is 17.8 Å². The molecule has 0 aromatic carbocycles. The van der Waals surface area contributed by atoms with Gasteiger partial charge in [-0.05, 0) is 19.1 Å². The summed E-state index contributed by atoms with van der Waals surface area (Å²) in [4.78, 5) is 17.3. The van der Waals surface area contributed by atoms with Crippen molar-refractivity contribution in [3.63, 3.8) is 0 Å². The van der Waals surface area contributed by atoms with Crippen LogP contribution >= 0.6 is 11.8 Å². The average molecular weight is 291 g/mol. The van der Waals surface area contributed by atoms with Gasteiger partial charge in [0.15, 0.2) is 0 Å². The van der Waals surface area contributed by atoms with E-state index in [-0.39, 0.29) is 0 Å². The molecule has 8 heteroatoms. The summed E-state index contributed by atoms with van der Waals surface area (Å²) in [6, 6.07) is 0.438. The molecule has 3 rings (SSSR count). The zero-order chi connectivity index (χ0) is 13.8. The molecule has 106 valence electrons. The fraction of sp³-hybridized carbons (Fsp3) is 0.500. The quantitative estimate of drug-likeness (QED) is 0.862. The van der Waals surface area contributed by atoms with Gasteiger partial charge in [-0.1, -0.05) is 0 Å². The van der Waals surface area contributed by atoms with Gasteiger partial charge in [0.1, 0.15) is 6.33 Å². The highest BCUT2D eigenvalue weighted by Gasteiger charge is 2.17. The zero-order valence-electron chi connectivity index (χ0n) is 11.3. The van der Waals surface area contributed by atoms with Gasteiger partial charge in [-0.3, -0.25) is 4.57 Å². The summed E-state index contributed by atoms with van der Waals surface area (Å²) < 4.78 is 1.77. The van der Waals surface area contributed by atoms with Crippen LogP contribution in [0.5, 0.6) is 0 Å². The van der Waals surface area contributed by atoms with Crippen molar-refractivity contribution in [3.05, 3.63) is 18.7 Å². The molecule has 1 unspecified atom stereocenters. The Morgan fingerprint density at radius 1 is 1.35 bits per heavy atom. The molecule has 1 aliphatic heterocycles. The lowest BCUT2D eigenvalue weighted by atomic mass is 10.3. The third-order valence-electron chi connectivity index (χ3n) is 2.96. The minimum atomic E-state index is 0.438. The predicted octanol–water partition coefficient (Wildman–Crippen LogP) is 1.41. The normalized spacial score (nSPS) is 18.1. The Kier molecular flexibility index (Phi) is 4.00. The summed E-state index contributed by atoms with van der Waals surface area (Å²) in [5.74, 6) is 4.06. The van der Waals surface area contributed by atoms with Crippen LogP contribution in [0.25, 0.3) is 5.95 Å². The average Bonchev–Trinajstić information content (AvgIpc) is 3.11. The molecule has 1 fully saturated rings.